The van der Waals surface area contributed by atoms with E-state index in [1.807, 2.05) is 31.2 Å². The summed E-state index contributed by atoms with van der Waals surface area (Å²) in [5.74, 6) is 0.196. The fourth-order valence-electron chi connectivity index (χ4n) is 3.73. The van der Waals surface area contributed by atoms with Gasteiger partial charge in [0.25, 0.3) is 5.91 Å². The molecule has 0 aromatic heterocycles. The normalized spacial score (nSPS) is 25.0. The molecule has 0 radical (unpaired) electrons. The average molecular weight is 410 g/mol. The van der Waals surface area contributed by atoms with Gasteiger partial charge in [-0.3, -0.25) is 14.5 Å². The molecule has 1 saturated heterocycles. The van der Waals surface area contributed by atoms with E-state index >= 15 is 0 Å². The van der Waals surface area contributed by atoms with Crippen molar-refractivity contribution in [2.24, 2.45) is 5.92 Å². The van der Waals surface area contributed by atoms with Crippen molar-refractivity contribution in [1.82, 2.24) is 15.5 Å². The molecule has 1 spiro atoms. The van der Waals surface area contributed by atoms with Crippen LogP contribution in [0.2, 0.25) is 5.02 Å². The minimum Gasteiger partial charge on any atom is -0.354 e. The molecule has 2 aliphatic rings. The molecule has 4 amide bonds. The number of benzene rings is 1. The molecule has 8 heteroatoms. The van der Waals surface area contributed by atoms with Crippen LogP contribution in [0.15, 0.2) is 29.2 Å². The lowest BCUT2D eigenvalue weighted by Crippen LogP contribution is -2.54. The van der Waals surface area contributed by atoms with Crippen LogP contribution in [-0.4, -0.2) is 47.1 Å². The Balaban J connectivity index is 1.47. The third-order valence-electron chi connectivity index (χ3n) is 5.31. The van der Waals surface area contributed by atoms with Gasteiger partial charge in [-0.1, -0.05) is 31.4 Å². The fourth-order valence-corrected chi connectivity index (χ4v) is 4.62. The maximum absolute atomic E-state index is 12.8. The van der Waals surface area contributed by atoms with Crippen molar-refractivity contribution >= 4 is 41.2 Å². The average Bonchev–Trinajstić information content (AvgIpc) is 2.88. The molecule has 0 bridgehead atoms. The summed E-state index contributed by atoms with van der Waals surface area (Å²) in [5.41, 5.74) is -0.819. The summed E-state index contributed by atoms with van der Waals surface area (Å²) in [6.45, 7) is 2.22. The Labute approximate surface area is 168 Å². The van der Waals surface area contributed by atoms with E-state index in [4.69, 9.17) is 11.6 Å². The third-order valence-corrected chi connectivity index (χ3v) is 6.58. The molecular weight excluding hydrogens is 386 g/mol. The zero-order valence-electron chi connectivity index (χ0n) is 15.3. The van der Waals surface area contributed by atoms with Gasteiger partial charge in [0, 0.05) is 22.2 Å². The second-order valence-electron chi connectivity index (χ2n) is 7.09. The highest BCUT2D eigenvalue weighted by Gasteiger charge is 2.55. The predicted molar refractivity (Wildman–Crippen MR) is 106 cm³/mol. The van der Waals surface area contributed by atoms with Gasteiger partial charge in [-0.15, -0.1) is 11.8 Å². The maximum Gasteiger partial charge on any atom is 0.325 e. The molecular formula is C19H24ClN3O3S. The number of rotatable bonds is 6. The minimum atomic E-state index is -0.819. The Kier molecular flexibility index (Phi) is 6.32. The molecule has 27 heavy (non-hydrogen) atoms. The van der Waals surface area contributed by atoms with Crippen LogP contribution in [0.25, 0.3) is 0 Å². The summed E-state index contributed by atoms with van der Waals surface area (Å²) in [6, 6.07) is 7.03. The molecule has 1 saturated carbocycles. The molecule has 0 unspecified atom stereocenters. The van der Waals surface area contributed by atoms with Crippen molar-refractivity contribution in [3.05, 3.63) is 29.3 Å². The van der Waals surface area contributed by atoms with Gasteiger partial charge < -0.3 is 10.6 Å². The lowest BCUT2D eigenvalue weighted by molar-refractivity contribution is -0.137. The molecule has 2 atom stereocenters. The molecule has 1 aromatic rings. The van der Waals surface area contributed by atoms with E-state index in [-0.39, 0.29) is 24.3 Å². The van der Waals surface area contributed by atoms with Gasteiger partial charge in [0.05, 0.1) is 0 Å². The summed E-state index contributed by atoms with van der Waals surface area (Å²) < 4.78 is 0. The van der Waals surface area contributed by atoms with Crippen molar-refractivity contribution in [1.29, 1.82) is 0 Å². The number of halogens is 1. The van der Waals surface area contributed by atoms with Crippen LogP contribution in [0.5, 0.6) is 0 Å². The van der Waals surface area contributed by atoms with Gasteiger partial charge in [0.15, 0.2) is 0 Å². The number of imide groups is 1. The number of hydrogen-bond donors (Lipinski definition) is 2. The molecule has 1 aliphatic heterocycles. The highest BCUT2D eigenvalue weighted by molar-refractivity contribution is 7.99. The standard InChI is InChI=1S/C19H24ClN3O3S/c1-13-4-2-3-9-19(13)17(25)23(18(26)22-19)12-16(24)21-10-11-27-15-7-5-14(20)6-8-15/h5-8,13H,2-4,9-12H2,1H3,(H,21,24)(H,22,26)/t13-,19-/m0/s1. The summed E-state index contributed by atoms with van der Waals surface area (Å²) >= 11 is 7.45. The number of amides is 4. The number of carbonyl (C=O) groups is 3. The second kappa shape index (κ2) is 8.52. The second-order valence-corrected chi connectivity index (χ2v) is 8.70. The van der Waals surface area contributed by atoms with Gasteiger partial charge in [-0.2, -0.15) is 0 Å². The number of nitrogens with zero attached hydrogens (tertiary/aromatic N) is 1. The number of urea groups is 1. The first-order chi connectivity index (χ1) is 12.9. The van der Waals surface area contributed by atoms with Crippen LogP contribution in [0.1, 0.15) is 32.6 Å². The van der Waals surface area contributed by atoms with E-state index < -0.39 is 11.6 Å². The van der Waals surface area contributed by atoms with E-state index in [0.717, 1.165) is 29.1 Å². The quantitative estimate of drug-likeness (QED) is 0.430. The summed E-state index contributed by atoms with van der Waals surface area (Å²) in [6.07, 6.45) is 3.54. The lowest BCUT2D eigenvalue weighted by atomic mass is 9.73. The Morgan fingerprint density at radius 1 is 1.33 bits per heavy atom. The Morgan fingerprint density at radius 2 is 2.07 bits per heavy atom. The smallest absolute Gasteiger partial charge is 0.325 e. The highest BCUT2D eigenvalue weighted by atomic mass is 35.5. The van der Waals surface area contributed by atoms with Crippen molar-refractivity contribution in [3.63, 3.8) is 0 Å². The minimum absolute atomic E-state index is 0.0894. The van der Waals surface area contributed by atoms with Crippen molar-refractivity contribution in [2.75, 3.05) is 18.8 Å². The van der Waals surface area contributed by atoms with Crippen LogP contribution in [0, 0.1) is 5.92 Å². The number of carbonyl (C=O) groups excluding carboxylic acids is 3. The van der Waals surface area contributed by atoms with Gasteiger partial charge in [-0.05, 0) is 43.0 Å². The van der Waals surface area contributed by atoms with Gasteiger partial charge in [0.1, 0.15) is 12.1 Å². The van der Waals surface area contributed by atoms with E-state index in [2.05, 4.69) is 10.6 Å². The van der Waals surface area contributed by atoms with E-state index in [0.29, 0.717) is 23.7 Å². The zero-order chi connectivity index (χ0) is 19.4. The summed E-state index contributed by atoms with van der Waals surface area (Å²) in [5, 5.41) is 6.32. The predicted octanol–water partition coefficient (Wildman–Crippen LogP) is 3.05. The van der Waals surface area contributed by atoms with E-state index in [1.165, 1.54) is 0 Å². The van der Waals surface area contributed by atoms with Crippen molar-refractivity contribution in [3.8, 4) is 0 Å². The number of thioether (sulfide) groups is 1. The largest absolute Gasteiger partial charge is 0.354 e. The van der Waals surface area contributed by atoms with E-state index in [1.54, 1.807) is 11.8 Å². The van der Waals surface area contributed by atoms with Gasteiger partial charge in [-0.25, -0.2) is 4.79 Å². The lowest BCUT2D eigenvalue weighted by Gasteiger charge is -2.36. The summed E-state index contributed by atoms with van der Waals surface area (Å²) in [4.78, 5) is 39.4. The Hall–Kier alpha value is -1.73. The summed E-state index contributed by atoms with van der Waals surface area (Å²) in [7, 11) is 0. The van der Waals surface area contributed by atoms with Crippen molar-refractivity contribution < 1.29 is 14.4 Å². The number of nitrogens with one attached hydrogen (secondary N) is 2. The SMILES string of the molecule is C[C@H]1CCCC[C@]12NC(=O)N(CC(=O)NCCSc1ccc(Cl)cc1)C2=O. The van der Waals surface area contributed by atoms with Crippen LogP contribution < -0.4 is 10.6 Å². The number of hydrogen-bond acceptors (Lipinski definition) is 4. The van der Waals surface area contributed by atoms with Gasteiger partial charge in [0.2, 0.25) is 5.91 Å². The molecule has 146 valence electrons. The Morgan fingerprint density at radius 3 is 2.78 bits per heavy atom. The first kappa shape index (κ1) is 20.0. The van der Waals surface area contributed by atoms with Crippen LogP contribution in [0.4, 0.5) is 4.79 Å². The Bertz CT molecular complexity index is 727. The fraction of sp³-hybridized carbons (Fsp3) is 0.526. The molecule has 3 rings (SSSR count). The molecule has 2 N–H and O–H groups in total. The van der Waals surface area contributed by atoms with Gasteiger partial charge >= 0.3 is 6.03 Å². The molecule has 1 heterocycles. The van der Waals surface area contributed by atoms with Crippen molar-refractivity contribution in [2.45, 2.75) is 43.0 Å². The monoisotopic (exact) mass is 409 g/mol. The topological polar surface area (TPSA) is 78.5 Å². The highest BCUT2D eigenvalue weighted by Crippen LogP contribution is 2.38. The zero-order valence-corrected chi connectivity index (χ0v) is 16.9. The first-order valence-corrected chi connectivity index (χ1v) is 10.6. The molecule has 1 aromatic carbocycles. The first-order valence-electron chi connectivity index (χ1n) is 9.21. The molecule has 6 nitrogen and oxygen atoms in total. The van der Waals surface area contributed by atoms with Crippen LogP contribution in [0.3, 0.4) is 0 Å². The van der Waals surface area contributed by atoms with Crippen LogP contribution in [-0.2, 0) is 9.59 Å². The third kappa shape index (κ3) is 4.41. The van der Waals surface area contributed by atoms with E-state index in [9.17, 15) is 14.4 Å². The maximum atomic E-state index is 12.8. The molecule has 1 aliphatic carbocycles. The van der Waals surface area contributed by atoms with Crippen LogP contribution >= 0.6 is 23.4 Å². The molecule has 2 fully saturated rings.